The lowest BCUT2D eigenvalue weighted by Crippen LogP contribution is -2.43. The summed E-state index contributed by atoms with van der Waals surface area (Å²) in [6, 6.07) is 6.85. The Hall–Kier alpha value is -2.37. The molecule has 0 amide bonds. The normalized spacial score (nSPS) is 22.4. The molecule has 2 unspecified atom stereocenters. The zero-order valence-electron chi connectivity index (χ0n) is 11.8. The van der Waals surface area contributed by atoms with Gasteiger partial charge in [-0.3, -0.25) is 14.0 Å². The van der Waals surface area contributed by atoms with Crippen LogP contribution in [0.2, 0.25) is 0 Å². The van der Waals surface area contributed by atoms with Crippen molar-refractivity contribution < 1.29 is 9.90 Å². The second kappa shape index (κ2) is 5.20. The van der Waals surface area contributed by atoms with Crippen molar-refractivity contribution >= 4 is 17.4 Å². The third kappa shape index (κ3) is 2.61. The second-order valence-corrected chi connectivity index (χ2v) is 5.66. The number of anilines is 1. The minimum Gasteiger partial charge on any atom is -0.481 e. The Morgan fingerprint density at radius 3 is 2.95 bits per heavy atom. The number of carboxylic acid groups (broad SMARTS) is 1. The number of nitrogens with zero attached hydrogens (tertiary/aromatic N) is 3. The number of rotatable bonds is 2. The van der Waals surface area contributed by atoms with Gasteiger partial charge >= 0.3 is 5.97 Å². The standard InChI is InChI=1S/C15H17N3O3/c1-10-6-11(15(20)21)9-17(8-10)13-7-14(19)18-5-3-2-4-12(18)16-13/h2-5,7,10-11H,6,8-9H2,1H3,(H,20,21). The van der Waals surface area contributed by atoms with Crippen molar-refractivity contribution in [2.75, 3.05) is 18.0 Å². The van der Waals surface area contributed by atoms with Crippen molar-refractivity contribution in [1.29, 1.82) is 0 Å². The molecule has 0 aromatic carbocycles. The summed E-state index contributed by atoms with van der Waals surface area (Å²) in [5, 5.41) is 9.23. The summed E-state index contributed by atoms with van der Waals surface area (Å²) in [7, 11) is 0. The molecule has 0 spiro atoms. The number of hydrogen-bond donors (Lipinski definition) is 1. The Morgan fingerprint density at radius 1 is 1.38 bits per heavy atom. The van der Waals surface area contributed by atoms with Gasteiger partial charge < -0.3 is 10.0 Å². The van der Waals surface area contributed by atoms with Crippen LogP contribution in [0, 0.1) is 11.8 Å². The smallest absolute Gasteiger partial charge is 0.308 e. The van der Waals surface area contributed by atoms with Gasteiger partial charge in [-0.05, 0) is 24.5 Å². The van der Waals surface area contributed by atoms with Crippen LogP contribution in [0.4, 0.5) is 5.82 Å². The Bertz CT molecular complexity index is 740. The minimum atomic E-state index is -0.788. The van der Waals surface area contributed by atoms with E-state index in [0.717, 1.165) is 6.54 Å². The van der Waals surface area contributed by atoms with Crippen LogP contribution in [0.15, 0.2) is 35.3 Å². The summed E-state index contributed by atoms with van der Waals surface area (Å²) in [6.45, 7) is 3.14. The number of pyridine rings is 1. The van der Waals surface area contributed by atoms with Crippen LogP contribution >= 0.6 is 0 Å². The van der Waals surface area contributed by atoms with Gasteiger partial charge in [0.25, 0.3) is 5.56 Å². The summed E-state index contributed by atoms with van der Waals surface area (Å²) in [5.41, 5.74) is 0.422. The number of carbonyl (C=O) groups is 1. The fourth-order valence-electron chi connectivity index (χ4n) is 2.92. The van der Waals surface area contributed by atoms with Crippen LogP contribution in [-0.2, 0) is 4.79 Å². The third-order valence-electron chi connectivity index (χ3n) is 3.89. The van der Waals surface area contributed by atoms with Gasteiger partial charge in [0.05, 0.1) is 5.92 Å². The van der Waals surface area contributed by atoms with Crippen LogP contribution in [0.3, 0.4) is 0 Å². The quantitative estimate of drug-likeness (QED) is 0.899. The van der Waals surface area contributed by atoms with Gasteiger partial charge in [0.1, 0.15) is 11.5 Å². The summed E-state index contributed by atoms with van der Waals surface area (Å²) < 4.78 is 1.48. The number of aliphatic carboxylic acids is 1. The van der Waals surface area contributed by atoms with Crippen molar-refractivity contribution in [3.63, 3.8) is 0 Å². The van der Waals surface area contributed by atoms with E-state index in [1.165, 1.54) is 10.5 Å². The maximum atomic E-state index is 12.1. The van der Waals surface area contributed by atoms with Crippen molar-refractivity contribution in [3.8, 4) is 0 Å². The van der Waals surface area contributed by atoms with Gasteiger partial charge in [0.15, 0.2) is 0 Å². The molecule has 6 heteroatoms. The maximum absolute atomic E-state index is 12.1. The number of piperidine rings is 1. The molecule has 0 saturated carbocycles. The first-order valence-electron chi connectivity index (χ1n) is 7.01. The third-order valence-corrected chi connectivity index (χ3v) is 3.89. The topological polar surface area (TPSA) is 74.9 Å². The second-order valence-electron chi connectivity index (χ2n) is 5.66. The average molecular weight is 287 g/mol. The Morgan fingerprint density at radius 2 is 2.19 bits per heavy atom. The highest BCUT2D eigenvalue weighted by molar-refractivity contribution is 5.71. The lowest BCUT2D eigenvalue weighted by atomic mass is 9.90. The van der Waals surface area contributed by atoms with Crippen molar-refractivity contribution in [3.05, 3.63) is 40.8 Å². The van der Waals surface area contributed by atoms with E-state index in [4.69, 9.17) is 0 Å². The molecule has 3 rings (SSSR count). The molecule has 3 heterocycles. The predicted octanol–water partition coefficient (Wildman–Crippen LogP) is 1.24. The zero-order chi connectivity index (χ0) is 15.0. The van der Waals surface area contributed by atoms with Crippen LogP contribution in [0.5, 0.6) is 0 Å². The molecule has 1 aliphatic heterocycles. The van der Waals surface area contributed by atoms with Crippen LogP contribution in [0.1, 0.15) is 13.3 Å². The molecular formula is C15H17N3O3. The number of carboxylic acids is 1. The van der Waals surface area contributed by atoms with Crippen molar-refractivity contribution in [1.82, 2.24) is 9.38 Å². The Balaban J connectivity index is 1.99. The lowest BCUT2D eigenvalue weighted by Gasteiger charge is -2.35. The van der Waals surface area contributed by atoms with E-state index in [1.807, 2.05) is 17.9 Å². The summed E-state index contributed by atoms with van der Waals surface area (Å²) in [6.07, 6.45) is 2.34. The number of hydrogen-bond acceptors (Lipinski definition) is 4. The molecule has 1 N–H and O–H groups in total. The van der Waals surface area contributed by atoms with E-state index in [2.05, 4.69) is 4.98 Å². The van der Waals surface area contributed by atoms with Crippen molar-refractivity contribution in [2.45, 2.75) is 13.3 Å². The molecule has 110 valence electrons. The highest BCUT2D eigenvalue weighted by Crippen LogP contribution is 2.25. The van der Waals surface area contributed by atoms with Gasteiger partial charge in [-0.25, -0.2) is 4.98 Å². The molecule has 21 heavy (non-hydrogen) atoms. The first-order chi connectivity index (χ1) is 10.0. The lowest BCUT2D eigenvalue weighted by molar-refractivity contribution is -0.142. The highest BCUT2D eigenvalue weighted by Gasteiger charge is 2.30. The van der Waals surface area contributed by atoms with Crippen molar-refractivity contribution in [2.24, 2.45) is 11.8 Å². The first kappa shape index (κ1) is 13.6. The fraction of sp³-hybridized carbons (Fsp3) is 0.400. The van der Waals surface area contributed by atoms with E-state index < -0.39 is 11.9 Å². The molecule has 2 atom stereocenters. The predicted molar refractivity (Wildman–Crippen MR) is 78.6 cm³/mol. The first-order valence-corrected chi connectivity index (χ1v) is 7.01. The van der Waals surface area contributed by atoms with Gasteiger partial charge in [-0.1, -0.05) is 13.0 Å². The molecule has 1 aliphatic rings. The Kier molecular flexibility index (Phi) is 3.37. The summed E-state index contributed by atoms with van der Waals surface area (Å²) >= 11 is 0. The average Bonchev–Trinajstić information content (AvgIpc) is 2.46. The molecule has 6 nitrogen and oxygen atoms in total. The SMILES string of the molecule is CC1CC(C(=O)O)CN(c2cc(=O)n3ccccc3n2)C1. The number of aromatic nitrogens is 2. The Labute approximate surface area is 121 Å². The van der Waals surface area contributed by atoms with Gasteiger partial charge in [-0.2, -0.15) is 0 Å². The van der Waals surface area contributed by atoms with Crippen LogP contribution < -0.4 is 10.5 Å². The molecule has 1 saturated heterocycles. The van der Waals surface area contributed by atoms with Crippen LogP contribution in [0.25, 0.3) is 5.65 Å². The van der Waals surface area contributed by atoms with Gasteiger partial charge in [0.2, 0.25) is 0 Å². The van der Waals surface area contributed by atoms with E-state index in [0.29, 0.717) is 24.4 Å². The van der Waals surface area contributed by atoms with E-state index in [1.54, 1.807) is 18.3 Å². The summed E-state index contributed by atoms with van der Waals surface area (Å²) in [5.74, 6) is -0.381. The monoisotopic (exact) mass is 287 g/mol. The maximum Gasteiger partial charge on any atom is 0.308 e. The molecule has 2 aromatic heterocycles. The summed E-state index contributed by atoms with van der Waals surface area (Å²) in [4.78, 5) is 29.8. The van der Waals surface area contributed by atoms with Gasteiger partial charge in [-0.15, -0.1) is 0 Å². The fourth-order valence-corrected chi connectivity index (χ4v) is 2.92. The van der Waals surface area contributed by atoms with Crippen LogP contribution in [-0.4, -0.2) is 33.6 Å². The van der Waals surface area contributed by atoms with Gasteiger partial charge in [0, 0.05) is 25.4 Å². The molecule has 2 aromatic rings. The number of fused-ring (bicyclic) bond motifs is 1. The molecular weight excluding hydrogens is 270 g/mol. The van der Waals surface area contributed by atoms with E-state index in [9.17, 15) is 14.7 Å². The van der Waals surface area contributed by atoms with E-state index in [-0.39, 0.29) is 11.5 Å². The molecule has 0 radical (unpaired) electrons. The zero-order valence-corrected chi connectivity index (χ0v) is 11.8. The molecule has 0 aliphatic carbocycles. The highest BCUT2D eigenvalue weighted by atomic mass is 16.4. The molecule has 0 bridgehead atoms. The largest absolute Gasteiger partial charge is 0.481 e. The minimum absolute atomic E-state index is 0.152. The van der Waals surface area contributed by atoms with E-state index >= 15 is 0 Å². The molecule has 1 fully saturated rings.